The second kappa shape index (κ2) is 6.67. The number of aliphatic hydroxyl groups is 1. The molecule has 3 unspecified atom stereocenters. The first-order valence-corrected chi connectivity index (χ1v) is 7.62. The number of hydrogen-bond donors (Lipinski definition) is 1. The van der Waals surface area contributed by atoms with Crippen molar-refractivity contribution in [3.63, 3.8) is 0 Å². The lowest BCUT2D eigenvalue weighted by molar-refractivity contribution is -0.126. The predicted molar refractivity (Wildman–Crippen MR) is 72.4 cm³/mol. The number of aliphatic hydroxyl groups excluding tert-OH is 1. The molecule has 0 radical (unpaired) electrons. The Bertz CT molecular complexity index is 280. The Morgan fingerprint density at radius 3 is 2.94 bits per heavy atom. The maximum atomic E-state index is 12.0. The van der Waals surface area contributed by atoms with Crippen LogP contribution in [0, 0.1) is 11.8 Å². The summed E-state index contributed by atoms with van der Waals surface area (Å²) in [5.74, 6) is 1.50. The van der Waals surface area contributed by atoms with Gasteiger partial charge in [0.15, 0.2) is 0 Å². The van der Waals surface area contributed by atoms with E-state index >= 15 is 0 Å². The van der Waals surface area contributed by atoms with Gasteiger partial charge in [-0.25, -0.2) is 0 Å². The summed E-state index contributed by atoms with van der Waals surface area (Å²) in [5, 5.41) is 9.09. The Morgan fingerprint density at radius 2 is 2.22 bits per heavy atom. The number of rotatable bonds is 5. The van der Waals surface area contributed by atoms with Crippen molar-refractivity contribution in [2.75, 3.05) is 19.7 Å². The number of nitrogens with zero attached hydrogens (tertiary/aromatic N) is 1. The Morgan fingerprint density at radius 1 is 1.39 bits per heavy atom. The molecule has 18 heavy (non-hydrogen) atoms. The van der Waals surface area contributed by atoms with Crippen LogP contribution in [0.4, 0.5) is 0 Å². The van der Waals surface area contributed by atoms with Gasteiger partial charge in [0.05, 0.1) is 0 Å². The van der Waals surface area contributed by atoms with Gasteiger partial charge < -0.3 is 5.11 Å². The van der Waals surface area contributed by atoms with E-state index < -0.39 is 0 Å². The van der Waals surface area contributed by atoms with E-state index in [4.69, 9.17) is 5.11 Å². The molecule has 2 fully saturated rings. The summed E-state index contributed by atoms with van der Waals surface area (Å²) in [5.41, 5.74) is 0. The Hall–Kier alpha value is -0.410. The van der Waals surface area contributed by atoms with Crippen molar-refractivity contribution in [3.05, 3.63) is 0 Å². The molecular formula is C15H27NO2. The van der Waals surface area contributed by atoms with Crippen molar-refractivity contribution in [1.29, 1.82) is 0 Å². The third-order valence-electron chi connectivity index (χ3n) is 4.87. The number of Topliss-reactive ketones (excluding diaryl/α,β-unsaturated/α-hetero) is 1. The molecule has 1 aliphatic carbocycles. The molecule has 1 heterocycles. The zero-order valence-corrected chi connectivity index (χ0v) is 11.6. The van der Waals surface area contributed by atoms with Crippen molar-refractivity contribution in [2.24, 2.45) is 11.8 Å². The average Bonchev–Trinajstić information content (AvgIpc) is 2.80. The number of ketones is 1. The highest BCUT2D eigenvalue weighted by atomic mass is 16.3. The van der Waals surface area contributed by atoms with Crippen LogP contribution in [-0.4, -0.2) is 41.5 Å². The normalized spacial score (nSPS) is 34.1. The fourth-order valence-electron chi connectivity index (χ4n) is 3.64. The Kier molecular flexibility index (Phi) is 5.19. The summed E-state index contributed by atoms with van der Waals surface area (Å²) in [6.45, 7) is 4.57. The second-order valence-electron chi connectivity index (χ2n) is 6.02. The van der Waals surface area contributed by atoms with Crippen LogP contribution in [0.15, 0.2) is 0 Å². The minimum atomic E-state index is 0.267. The van der Waals surface area contributed by atoms with Crippen molar-refractivity contribution in [2.45, 2.75) is 57.9 Å². The molecule has 0 amide bonds. The SMILES string of the molecule is CCC1CCC(=O)C(CN2CCCC2CCO)C1. The van der Waals surface area contributed by atoms with Crippen LogP contribution in [0.3, 0.4) is 0 Å². The molecule has 0 aromatic heterocycles. The molecule has 0 bridgehead atoms. The van der Waals surface area contributed by atoms with E-state index in [-0.39, 0.29) is 12.5 Å². The number of carbonyl (C=O) groups excluding carboxylic acids is 1. The van der Waals surface area contributed by atoms with Crippen LogP contribution in [0.25, 0.3) is 0 Å². The lowest BCUT2D eigenvalue weighted by atomic mass is 9.79. The first-order valence-electron chi connectivity index (χ1n) is 7.62. The van der Waals surface area contributed by atoms with Gasteiger partial charge in [-0.15, -0.1) is 0 Å². The van der Waals surface area contributed by atoms with Crippen LogP contribution in [0.1, 0.15) is 51.9 Å². The molecule has 0 aromatic rings. The fourth-order valence-corrected chi connectivity index (χ4v) is 3.64. The Labute approximate surface area is 111 Å². The van der Waals surface area contributed by atoms with Gasteiger partial charge in [-0.3, -0.25) is 9.69 Å². The van der Waals surface area contributed by atoms with E-state index in [0.29, 0.717) is 11.8 Å². The molecule has 1 aliphatic heterocycles. The number of likely N-dealkylation sites (tertiary alicyclic amines) is 1. The predicted octanol–water partition coefficient (Wildman–Crippen LogP) is 2.23. The van der Waals surface area contributed by atoms with Gasteiger partial charge in [-0.1, -0.05) is 13.3 Å². The monoisotopic (exact) mass is 253 g/mol. The minimum Gasteiger partial charge on any atom is -0.396 e. The first kappa shape index (κ1) is 14.0. The van der Waals surface area contributed by atoms with E-state index in [1.54, 1.807) is 0 Å². The maximum Gasteiger partial charge on any atom is 0.137 e. The zero-order chi connectivity index (χ0) is 13.0. The minimum absolute atomic E-state index is 0.267. The summed E-state index contributed by atoms with van der Waals surface area (Å²) in [7, 11) is 0. The van der Waals surface area contributed by atoms with E-state index in [9.17, 15) is 4.79 Å². The third kappa shape index (κ3) is 3.33. The van der Waals surface area contributed by atoms with Crippen molar-refractivity contribution < 1.29 is 9.90 Å². The summed E-state index contributed by atoms with van der Waals surface area (Å²) >= 11 is 0. The maximum absolute atomic E-state index is 12.0. The van der Waals surface area contributed by atoms with Gasteiger partial charge in [-0.05, 0) is 44.6 Å². The van der Waals surface area contributed by atoms with Gasteiger partial charge >= 0.3 is 0 Å². The third-order valence-corrected chi connectivity index (χ3v) is 4.87. The quantitative estimate of drug-likeness (QED) is 0.817. The first-order chi connectivity index (χ1) is 8.74. The Balaban J connectivity index is 1.88. The van der Waals surface area contributed by atoms with Crippen molar-refractivity contribution in [1.82, 2.24) is 4.90 Å². The highest BCUT2D eigenvalue weighted by molar-refractivity contribution is 5.82. The van der Waals surface area contributed by atoms with Crippen LogP contribution in [0.2, 0.25) is 0 Å². The standard InChI is InChI=1S/C15H27NO2/c1-2-12-5-6-15(18)13(10-12)11-16-8-3-4-14(16)7-9-17/h12-14,17H,2-11H2,1H3. The molecule has 1 saturated carbocycles. The zero-order valence-electron chi connectivity index (χ0n) is 11.6. The van der Waals surface area contributed by atoms with Gasteiger partial charge in [0, 0.05) is 31.5 Å². The van der Waals surface area contributed by atoms with Gasteiger partial charge in [0.25, 0.3) is 0 Å². The van der Waals surface area contributed by atoms with E-state index in [2.05, 4.69) is 11.8 Å². The molecule has 1 saturated heterocycles. The molecule has 3 heteroatoms. The second-order valence-corrected chi connectivity index (χ2v) is 6.02. The molecule has 0 aromatic carbocycles. The molecule has 1 N–H and O–H groups in total. The topological polar surface area (TPSA) is 40.5 Å². The summed E-state index contributed by atoms with van der Waals surface area (Å²) < 4.78 is 0. The summed E-state index contributed by atoms with van der Waals surface area (Å²) in [6, 6.07) is 0.518. The van der Waals surface area contributed by atoms with Crippen LogP contribution in [0.5, 0.6) is 0 Å². The molecular weight excluding hydrogens is 226 g/mol. The molecule has 0 spiro atoms. The average molecular weight is 253 g/mol. The lowest BCUT2D eigenvalue weighted by Gasteiger charge is -2.32. The van der Waals surface area contributed by atoms with Gasteiger partial charge in [0.2, 0.25) is 0 Å². The van der Waals surface area contributed by atoms with E-state index in [1.807, 2.05) is 0 Å². The smallest absolute Gasteiger partial charge is 0.137 e. The van der Waals surface area contributed by atoms with E-state index in [0.717, 1.165) is 44.7 Å². The van der Waals surface area contributed by atoms with Crippen molar-refractivity contribution in [3.8, 4) is 0 Å². The number of hydrogen-bond acceptors (Lipinski definition) is 3. The molecule has 104 valence electrons. The summed E-state index contributed by atoms with van der Waals surface area (Å²) in [6.07, 6.45) is 7.49. The van der Waals surface area contributed by atoms with Gasteiger partial charge in [0.1, 0.15) is 5.78 Å². The lowest BCUT2D eigenvalue weighted by Crippen LogP contribution is -2.39. The molecule has 3 nitrogen and oxygen atoms in total. The highest BCUT2D eigenvalue weighted by Crippen LogP contribution is 2.31. The van der Waals surface area contributed by atoms with Crippen LogP contribution in [-0.2, 0) is 4.79 Å². The molecule has 2 aliphatic rings. The fraction of sp³-hybridized carbons (Fsp3) is 0.933. The van der Waals surface area contributed by atoms with Gasteiger partial charge in [-0.2, -0.15) is 0 Å². The molecule has 3 atom stereocenters. The highest BCUT2D eigenvalue weighted by Gasteiger charge is 2.32. The summed E-state index contributed by atoms with van der Waals surface area (Å²) in [4.78, 5) is 14.5. The van der Waals surface area contributed by atoms with Crippen LogP contribution < -0.4 is 0 Å². The van der Waals surface area contributed by atoms with Crippen LogP contribution >= 0.6 is 0 Å². The van der Waals surface area contributed by atoms with Crippen molar-refractivity contribution >= 4 is 5.78 Å². The largest absolute Gasteiger partial charge is 0.396 e. The van der Waals surface area contributed by atoms with E-state index in [1.165, 1.54) is 19.3 Å². The number of carbonyl (C=O) groups is 1. The molecule has 2 rings (SSSR count).